The Balaban J connectivity index is 0.000000308. The zero-order valence-corrected chi connectivity index (χ0v) is 21.4. The number of nitrogens with two attached hydrogens (primary N) is 2. The van der Waals surface area contributed by atoms with Crippen LogP contribution in [-0.4, -0.2) is 44.5 Å². The third-order valence-electron chi connectivity index (χ3n) is 4.39. The first kappa shape index (κ1) is 29.9. The molecule has 0 amide bonds. The topological polar surface area (TPSA) is 156 Å². The van der Waals surface area contributed by atoms with E-state index in [1.165, 1.54) is 30.8 Å². The van der Waals surface area contributed by atoms with Crippen LogP contribution >= 0.6 is 12.2 Å². The third kappa shape index (κ3) is 10.4. The molecule has 3 aromatic carbocycles. The van der Waals surface area contributed by atoms with Crippen LogP contribution in [0.25, 0.3) is 0 Å². The van der Waals surface area contributed by atoms with Gasteiger partial charge in [-0.2, -0.15) is 0 Å². The molecule has 0 fully saturated rings. The number of ether oxygens (including phenoxy) is 1. The highest BCUT2D eigenvalue weighted by atomic mass is 32.2. The van der Waals surface area contributed by atoms with Crippen molar-refractivity contribution in [3.05, 3.63) is 83.9 Å². The Morgan fingerprint density at radius 1 is 1.03 bits per heavy atom. The maximum Gasteiger partial charge on any atom is 0.573 e. The van der Waals surface area contributed by atoms with Crippen LogP contribution in [0, 0.1) is 5.41 Å². The van der Waals surface area contributed by atoms with E-state index in [-0.39, 0.29) is 21.6 Å². The van der Waals surface area contributed by atoms with Crippen LogP contribution in [0.3, 0.4) is 0 Å². The molecule has 0 aromatic heterocycles. The maximum atomic E-state index is 12.0. The van der Waals surface area contributed by atoms with Gasteiger partial charge in [0.2, 0.25) is 0 Å². The van der Waals surface area contributed by atoms with Crippen molar-refractivity contribution in [2.45, 2.75) is 11.3 Å². The van der Waals surface area contributed by atoms with E-state index in [2.05, 4.69) is 32.3 Å². The summed E-state index contributed by atoms with van der Waals surface area (Å²) < 4.78 is 62.5. The SMILES string of the molecule is CS(=O)(=O)c1ccccc1NC(N)=S.N=Cc1ccc(C(N)=NC=Nc2ccc(OC(F)(F)F)cc2)cc1. The molecule has 38 heavy (non-hydrogen) atoms. The molecule has 0 unspecified atom stereocenters. The van der Waals surface area contributed by atoms with Crippen LogP contribution in [0.5, 0.6) is 5.75 Å². The molecule has 9 nitrogen and oxygen atoms in total. The summed E-state index contributed by atoms with van der Waals surface area (Å²) in [6.07, 6.45) is -1.17. The van der Waals surface area contributed by atoms with Gasteiger partial charge in [0, 0.05) is 18.0 Å². The molecule has 0 bridgehead atoms. The van der Waals surface area contributed by atoms with Crippen molar-refractivity contribution in [3.63, 3.8) is 0 Å². The molecule has 3 rings (SSSR count). The van der Waals surface area contributed by atoms with Gasteiger partial charge in [-0.1, -0.05) is 36.4 Å². The number of benzene rings is 3. The number of aliphatic imine (C=N–C) groups is 2. The van der Waals surface area contributed by atoms with Crippen molar-refractivity contribution in [1.82, 2.24) is 0 Å². The van der Waals surface area contributed by atoms with Crippen LogP contribution in [0.15, 0.2) is 87.7 Å². The number of nitrogens with zero attached hydrogens (tertiary/aromatic N) is 2. The van der Waals surface area contributed by atoms with Crippen LogP contribution in [-0.2, 0) is 9.84 Å². The molecule has 14 heteroatoms. The summed E-state index contributed by atoms with van der Waals surface area (Å²) in [6, 6.07) is 18.4. The van der Waals surface area contributed by atoms with Crippen molar-refractivity contribution in [2.24, 2.45) is 21.5 Å². The smallest absolute Gasteiger partial charge is 0.406 e. The predicted molar refractivity (Wildman–Crippen MR) is 146 cm³/mol. The summed E-state index contributed by atoms with van der Waals surface area (Å²) in [5, 5.41) is 9.76. The lowest BCUT2D eigenvalue weighted by atomic mass is 10.1. The summed E-state index contributed by atoms with van der Waals surface area (Å²) in [4.78, 5) is 8.13. The van der Waals surface area contributed by atoms with Crippen molar-refractivity contribution in [3.8, 4) is 5.75 Å². The van der Waals surface area contributed by atoms with Crippen molar-refractivity contribution >= 4 is 56.9 Å². The molecule has 200 valence electrons. The van der Waals surface area contributed by atoms with Gasteiger partial charge in [0.15, 0.2) is 14.9 Å². The number of amidine groups is 1. The van der Waals surface area contributed by atoms with Crippen LogP contribution in [0.2, 0.25) is 0 Å². The van der Waals surface area contributed by atoms with Gasteiger partial charge >= 0.3 is 6.36 Å². The van der Waals surface area contributed by atoms with E-state index < -0.39 is 16.2 Å². The average molecular weight is 565 g/mol. The second-order valence-corrected chi connectivity index (χ2v) is 9.75. The highest BCUT2D eigenvalue weighted by molar-refractivity contribution is 7.90. The molecule has 0 heterocycles. The van der Waals surface area contributed by atoms with Gasteiger partial charge in [0.25, 0.3) is 0 Å². The fourth-order valence-corrected chi connectivity index (χ4v) is 3.70. The number of halogens is 3. The fourth-order valence-electron chi connectivity index (χ4n) is 2.74. The number of hydrogen-bond donors (Lipinski definition) is 4. The minimum absolute atomic E-state index is 0.0427. The van der Waals surface area contributed by atoms with E-state index in [1.807, 2.05) is 0 Å². The van der Waals surface area contributed by atoms with Crippen LogP contribution in [0.4, 0.5) is 24.5 Å². The van der Waals surface area contributed by atoms with E-state index in [9.17, 15) is 21.6 Å². The zero-order valence-electron chi connectivity index (χ0n) is 19.8. The van der Waals surface area contributed by atoms with Gasteiger partial charge in [-0.05, 0) is 54.2 Å². The second kappa shape index (κ2) is 13.3. The minimum atomic E-state index is -4.73. The molecule has 0 aliphatic heterocycles. The average Bonchev–Trinajstić information content (AvgIpc) is 2.84. The first-order valence-electron chi connectivity index (χ1n) is 10.5. The van der Waals surface area contributed by atoms with Gasteiger partial charge in [-0.3, -0.25) is 0 Å². The molecule has 0 saturated carbocycles. The highest BCUT2D eigenvalue weighted by Gasteiger charge is 2.30. The molecular weight excluding hydrogens is 541 g/mol. The summed E-state index contributed by atoms with van der Waals surface area (Å²) >= 11 is 4.63. The van der Waals surface area contributed by atoms with Gasteiger partial charge in [-0.25, -0.2) is 18.4 Å². The molecule has 0 aliphatic rings. The number of hydrogen-bond acceptors (Lipinski definition) is 6. The Morgan fingerprint density at radius 3 is 2.16 bits per heavy atom. The fraction of sp³-hybridized carbons (Fsp3) is 0.0833. The number of thiocarbonyl (C=S) groups is 1. The summed E-state index contributed by atoms with van der Waals surface area (Å²) in [6.45, 7) is 0. The van der Waals surface area contributed by atoms with Gasteiger partial charge in [0.05, 0.1) is 16.3 Å². The molecule has 0 aliphatic carbocycles. The first-order chi connectivity index (χ1) is 17.8. The zero-order chi connectivity index (χ0) is 28.3. The molecule has 0 atom stereocenters. The Labute approximate surface area is 222 Å². The molecule has 6 N–H and O–H groups in total. The van der Waals surface area contributed by atoms with Crippen LogP contribution in [0.1, 0.15) is 11.1 Å². The predicted octanol–water partition coefficient (Wildman–Crippen LogP) is 4.39. The van der Waals surface area contributed by atoms with E-state index in [0.717, 1.165) is 24.0 Å². The summed E-state index contributed by atoms with van der Waals surface area (Å²) in [7, 11) is -3.26. The molecule has 0 radical (unpaired) electrons. The standard InChI is InChI=1S/C16H13F3N4O.C8H10N2O2S2/c17-16(18,19)24-14-7-5-13(6-8-14)22-10-23-15(21)12-3-1-11(9-20)2-4-12;1-14(11,12)7-5-3-2-4-6(7)10-8(9)13/h1-10,20H,(H2,21,22,23);2-5H,1H3,(H3,9,10,13). The number of anilines is 1. The second-order valence-electron chi connectivity index (χ2n) is 7.32. The number of sulfone groups is 1. The van der Waals surface area contributed by atoms with Gasteiger partial charge < -0.3 is 26.9 Å². The number of nitrogens with one attached hydrogen (secondary N) is 2. The lowest BCUT2D eigenvalue weighted by Crippen LogP contribution is -2.20. The van der Waals surface area contributed by atoms with Crippen molar-refractivity contribution in [1.29, 1.82) is 5.41 Å². The monoisotopic (exact) mass is 564 g/mol. The van der Waals surface area contributed by atoms with Crippen molar-refractivity contribution in [2.75, 3.05) is 11.6 Å². The minimum Gasteiger partial charge on any atom is -0.406 e. The van der Waals surface area contributed by atoms with Crippen molar-refractivity contribution < 1.29 is 26.3 Å². The van der Waals surface area contributed by atoms with E-state index in [1.54, 1.807) is 42.5 Å². The van der Waals surface area contributed by atoms with Crippen LogP contribution < -0.4 is 21.5 Å². The molecule has 0 saturated heterocycles. The molecule has 3 aromatic rings. The van der Waals surface area contributed by atoms with Gasteiger partial charge in [0.1, 0.15) is 17.9 Å². The van der Waals surface area contributed by atoms with E-state index in [0.29, 0.717) is 16.9 Å². The maximum absolute atomic E-state index is 12.0. The number of alkyl halides is 3. The Kier molecular flexibility index (Phi) is 10.5. The lowest BCUT2D eigenvalue weighted by Gasteiger charge is -2.08. The number of para-hydroxylation sites is 1. The Hall–Kier alpha value is -4.30. The van der Waals surface area contributed by atoms with E-state index in [4.69, 9.17) is 16.9 Å². The summed E-state index contributed by atoms with van der Waals surface area (Å²) in [5.74, 6) is -0.0944. The lowest BCUT2D eigenvalue weighted by molar-refractivity contribution is -0.274. The van der Waals surface area contributed by atoms with Gasteiger partial charge in [-0.15, -0.1) is 13.2 Å². The quantitative estimate of drug-likeness (QED) is 0.188. The normalized spacial score (nSPS) is 11.8. The number of rotatable bonds is 7. The molecular formula is C24H23F3N6O3S2. The summed E-state index contributed by atoms with van der Waals surface area (Å²) in [5.41, 5.74) is 13.3. The highest BCUT2D eigenvalue weighted by Crippen LogP contribution is 2.24. The Morgan fingerprint density at radius 2 is 1.63 bits per heavy atom. The first-order valence-corrected chi connectivity index (χ1v) is 12.8. The third-order valence-corrected chi connectivity index (χ3v) is 5.65. The Bertz CT molecular complexity index is 1420. The van der Waals surface area contributed by atoms with E-state index >= 15 is 0 Å². The largest absolute Gasteiger partial charge is 0.573 e. The molecule has 0 spiro atoms.